The van der Waals surface area contributed by atoms with Crippen LogP contribution < -0.4 is 10.5 Å². The van der Waals surface area contributed by atoms with Gasteiger partial charge in [0, 0.05) is 19.1 Å². The fourth-order valence-corrected chi connectivity index (χ4v) is 4.89. The summed E-state index contributed by atoms with van der Waals surface area (Å²) in [7, 11) is -1.84. The van der Waals surface area contributed by atoms with E-state index in [0.717, 1.165) is 12.8 Å². The Morgan fingerprint density at radius 2 is 1.90 bits per heavy atom. The molecule has 0 amide bonds. The molecule has 6 heteroatoms. The molecule has 1 aliphatic carbocycles. The predicted octanol–water partition coefficient (Wildman–Crippen LogP) is 1.05. The minimum Gasteiger partial charge on any atom is -0.497 e. The number of hydrogen-bond donors (Lipinski definition) is 1. The molecule has 1 aromatic carbocycles. The van der Waals surface area contributed by atoms with Crippen LogP contribution in [0.3, 0.4) is 0 Å². The largest absolute Gasteiger partial charge is 0.497 e. The van der Waals surface area contributed by atoms with Crippen LogP contribution in [0.4, 0.5) is 0 Å². The van der Waals surface area contributed by atoms with Crippen LogP contribution in [0.2, 0.25) is 0 Å². The van der Waals surface area contributed by atoms with E-state index in [1.807, 2.05) is 0 Å². The molecule has 1 saturated heterocycles. The first-order valence-electron chi connectivity index (χ1n) is 6.92. The van der Waals surface area contributed by atoms with Gasteiger partial charge in [-0.1, -0.05) is 0 Å². The van der Waals surface area contributed by atoms with Crippen molar-refractivity contribution in [3.8, 4) is 5.75 Å². The Balaban J connectivity index is 1.82. The summed E-state index contributed by atoms with van der Waals surface area (Å²) in [5, 5.41) is 0. The van der Waals surface area contributed by atoms with Gasteiger partial charge in [0.05, 0.1) is 12.0 Å². The van der Waals surface area contributed by atoms with Gasteiger partial charge in [0.15, 0.2) is 0 Å². The molecule has 3 rings (SSSR count). The zero-order valence-corrected chi connectivity index (χ0v) is 12.3. The Kier molecular flexibility index (Phi) is 3.48. The maximum Gasteiger partial charge on any atom is 0.243 e. The van der Waals surface area contributed by atoms with Crippen molar-refractivity contribution in [3.05, 3.63) is 24.3 Å². The van der Waals surface area contributed by atoms with Gasteiger partial charge in [-0.25, -0.2) is 8.42 Å². The van der Waals surface area contributed by atoms with Crippen molar-refractivity contribution in [1.82, 2.24) is 4.31 Å². The van der Waals surface area contributed by atoms with Crippen LogP contribution in [-0.2, 0) is 10.0 Å². The molecule has 1 saturated carbocycles. The first-order valence-corrected chi connectivity index (χ1v) is 8.36. The van der Waals surface area contributed by atoms with E-state index in [4.69, 9.17) is 10.5 Å². The summed E-state index contributed by atoms with van der Waals surface area (Å²) < 4.78 is 31.9. The Labute approximate surface area is 119 Å². The maximum atomic E-state index is 12.6. The summed E-state index contributed by atoms with van der Waals surface area (Å²) in [4.78, 5) is 0.326. The van der Waals surface area contributed by atoms with E-state index in [-0.39, 0.29) is 6.04 Å². The third-order valence-electron chi connectivity index (χ3n) is 4.58. The quantitative estimate of drug-likeness (QED) is 0.905. The third-order valence-corrected chi connectivity index (χ3v) is 6.42. The van der Waals surface area contributed by atoms with Crippen LogP contribution in [-0.4, -0.2) is 39.0 Å². The summed E-state index contributed by atoms with van der Waals surface area (Å²) in [5.74, 6) is 1.41. The fourth-order valence-electron chi connectivity index (χ4n) is 3.36. The highest BCUT2D eigenvalue weighted by Crippen LogP contribution is 2.39. The molecule has 3 unspecified atom stereocenters. The molecule has 2 aliphatic rings. The average molecular weight is 296 g/mol. The first-order chi connectivity index (χ1) is 9.52. The van der Waals surface area contributed by atoms with Crippen molar-refractivity contribution >= 4 is 10.0 Å². The molecule has 5 nitrogen and oxygen atoms in total. The SMILES string of the molecule is COc1ccc(S(=O)(=O)N2CC3CCC(N)C3C2)cc1. The van der Waals surface area contributed by atoms with E-state index >= 15 is 0 Å². The van der Waals surface area contributed by atoms with E-state index in [2.05, 4.69) is 0 Å². The average Bonchev–Trinajstić information content (AvgIpc) is 3.02. The van der Waals surface area contributed by atoms with Crippen LogP contribution in [0.5, 0.6) is 5.75 Å². The van der Waals surface area contributed by atoms with Gasteiger partial charge in [-0.3, -0.25) is 0 Å². The number of sulfonamides is 1. The Morgan fingerprint density at radius 3 is 2.50 bits per heavy atom. The zero-order chi connectivity index (χ0) is 14.3. The monoisotopic (exact) mass is 296 g/mol. The van der Waals surface area contributed by atoms with Crippen molar-refractivity contribution in [2.75, 3.05) is 20.2 Å². The van der Waals surface area contributed by atoms with Gasteiger partial charge in [0.25, 0.3) is 0 Å². The topological polar surface area (TPSA) is 72.6 Å². The highest BCUT2D eigenvalue weighted by atomic mass is 32.2. The summed E-state index contributed by atoms with van der Waals surface area (Å²) in [5.41, 5.74) is 6.06. The molecular weight excluding hydrogens is 276 g/mol. The molecule has 1 heterocycles. The van der Waals surface area contributed by atoms with E-state index in [0.29, 0.717) is 35.6 Å². The van der Waals surface area contributed by atoms with Gasteiger partial charge in [-0.05, 0) is 48.9 Å². The van der Waals surface area contributed by atoms with Crippen molar-refractivity contribution < 1.29 is 13.2 Å². The van der Waals surface area contributed by atoms with Gasteiger partial charge < -0.3 is 10.5 Å². The Bertz CT molecular complexity index is 585. The van der Waals surface area contributed by atoms with Crippen LogP contribution in [0.1, 0.15) is 12.8 Å². The van der Waals surface area contributed by atoms with Gasteiger partial charge in [0.1, 0.15) is 5.75 Å². The number of methoxy groups -OCH3 is 1. The number of hydrogen-bond acceptors (Lipinski definition) is 4. The van der Waals surface area contributed by atoms with Crippen molar-refractivity contribution in [2.24, 2.45) is 17.6 Å². The lowest BCUT2D eigenvalue weighted by Gasteiger charge is -2.18. The second kappa shape index (κ2) is 5.02. The van der Waals surface area contributed by atoms with E-state index in [1.54, 1.807) is 35.7 Å². The van der Waals surface area contributed by atoms with Gasteiger partial charge in [-0.2, -0.15) is 4.31 Å². The number of nitrogens with two attached hydrogens (primary N) is 1. The Hall–Kier alpha value is -1.11. The first kappa shape index (κ1) is 13.9. The van der Waals surface area contributed by atoms with Crippen LogP contribution >= 0.6 is 0 Å². The fraction of sp³-hybridized carbons (Fsp3) is 0.571. The number of ether oxygens (including phenoxy) is 1. The van der Waals surface area contributed by atoms with Gasteiger partial charge >= 0.3 is 0 Å². The molecule has 2 fully saturated rings. The normalized spacial score (nSPS) is 30.4. The molecule has 0 aromatic heterocycles. The molecule has 0 spiro atoms. The summed E-state index contributed by atoms with van der Waals surface area (Å²) in [6.07, 6.45) is 2.06. The summed E-state index contributed by atoms with van der Waals surface area (Å²) >= 11 is 0. The molecule has 0 bridgehead atoms. The van der Waals surface area contributed by atoms with Crippen molar-refractivity contribution in [1.29, 1.82) is 0 Å². The molecule has 20 heavy (non-hydrogen) atoms. The molecule has 2 N–H and O–H groups in total. The lowest BCUT2D eigenvalue weighted by molar-refractivity contribution is 0.413. The number of benzene rings is 1. The van der Waals surface area contributed by atoms with Crippen LogP contribution in [0.15, 0.2) is 29.2 Å². The van der Waals surface area contributed by atoms with E-state index < -0.39 is 10.0 Å². The summed E-state index contributed by atoms with van der Waals surface area (Å²) in [6, 6.07) is 6.70. The zero-order valence-electron chi connectivity index (χ0n) is 11.5. The molecule has 1 aliphatic heterocycles. The van der Waals surface area contributed by atoms with Crippen LogP contribution in [0.25, 0.3) is 0 Å². The highest BCUT2D eigenvalue weighted by molar-refractivity contribution is 7.89. The second-order valence-electron chi connectivity index (χ2n) is 5.66. The Morgan fingerprint density at radius 1 is 1.20 bits per heavy atom. The number of rotatable bonds is 3. The molecule has 1 aromatic rings. The minimum atomic E-state index is -3.41. The number of nitrogens with zero attached hydrogens (tertiary/aromatic N) is 1. The highest BCUT2D eigenvalue weighted by Gasteiger charge is 2.44. The predicted molar refractivity (Wildman–Crippen MR) is 75.9 cm³/mol. The standard InChI is InChI=1S/C14H20N2O3S/c1-19-11-3-5-12(6-4-11)20(17,18)16-8-10-2-7-14(15)13(10)9-16/h3-6,10,13-14H,2,7-9,15H2,1H3. The lowest BCUT2D eigenvalue weighted by Crippen LogP contribution is -2.33. The van der Waals surface area contributed by atoms with E-state index in [1.165, 1.54) is 0 Å². The van der Waals surface area contributed by atoms with Gasteiger partial charge in [0.2, 0.25) is 10.0 Å². The van der Waals surface area contributed by atoms with Gasteiger partial charge in [-0.15, -0.1) is 0 Å². The minimum absolute atomic E-state index is 0.149. The molecule has 0 radical (unpaired) electrons. The van der Waals surface area contributed by atoms with Crippen molar-refractivity contribution in [3.63, 3.8) is 0 Å². The smallest absolute Gasteiger partial charge is 0.243 e. The maximum absolute atomic E-state index is 12.6. The molecule has 3 atom stereocenters. The van der Waals surface area contributed by atoms with E-state index in [9.17, 15) is 8.42 Å². The van der Waals surface area contributed by atoms with Crippen molar-refractivity contribution in [2.45, 2.75) is 23.8 Å². The third kappa shape index (κ3) is 2.21. The lowest BCUT2D eigenvalue weighted by atomic mass is 9.98. The molecule has 110 valence electrons. The summed E-state index contributed by atoms with van der Waals surface area (Å²) in [6.45, 7) is 1.16. The second-order valence-corrected chi connectivity index (χ2v) is 7.60. The molecular formula is C14H20N2O3S. The number of fused-ring (bicyclic) bond motifs is 1. The van der Waals surface area contributed by atoms with Crippen LogP contribution in [0, 0.1) is 11.8 Å².